The van der Waals surface area contributed by atoms with E-state index in [2.05, 4.69) is 5.32 Å². The summed E-state index contributed by atoms with van der Waals surface area (Å²) < 4.78 is 23.4. The minimum atomic E-state index is -0.681. The number of ether oxygens (including phenoxy) is 3. The molecule has 0 spiro atoms. The van der Waals surface area contributed by atoms with Crippen LogP contribution < -0.4 is 29.5 Å². The van der Waals surface area contributed by atoms with Crippen molar-refractivity contribution in [1.82, 2.24) is 9.88 Å². The molecule has 0 fully saturated rings. The van der Waals surface area contributed by atoms with Crippen molar-refractivity contribution in [3.63, 3.8) is 0 Å². The van der Waals surface area contributed by atoms with Crippen molar-refractivity contribution in [2.24, 2.45) is 5.41 Å². The van der Waals surface area contributed by atoms with Crippen molar-refractivity contribution in [2.75, 3.05) is 27.9 Å². The van der Waals surface area contributed by atoms with Crippen molar-refractivity contribution in [1.29, 1.82) is 0 Å². The molecule has 1 amide bonds. The Morgan fingerprint density at radius 2 is 1.71 bits per heavy atom. The summed E-state index contributed by atoms with van der Waals surface area (Å²) >= 11 is 1.09. The number of methoxy groups -OCH3 is 3. The first-order valence-corrected chi connectivity index (χ1v) is 15.0. The fraction of sp³-hybridized carbons (Fsp3) is 0.294. The Morgan fingerprint density at radius 1 is 0.978 bits per heavy atom. The van der Waals surface area contributed by atoms with Crippen molar-refractivity contribution < 1.29 is 33.0 Å². The summed E-state index contributed by atoms with van der Waals surface area (Å²) in [5.74, 6) is 0.928. The van der Waals surface area contributed by atoms with E-state index in [0.29, 0.717) is 51.8 Å². The maximum atomic E-state index is 13.5. The van der Waals surface area contributed by atoms with Crippen LogP contribution in [-0.4, -0.2) is 50.1 Å². The Hall–Kier alpha value is -4.90. The van der Waals surface area contributed by atoms with Crippen LogP contribution in [0.25, 0.3) is 23.5 Å². The number of esters is 1. The standard InChI is InChI=1S/C34H36N2O8S/c1-34(2,3)29(37)19-31-36(20-30(38)35-16-15-21-11-13-26(41-4)27(17-21)42-5)32(39)28(45-31)18-22-12-14-25(44-22)23-9-7-8-10-24(23)33(40)43-6/h7-14,17-19H,15-16,20H2,1-6H3,(H,35,38)/b28-18+,31-19-. The number of nitrogens with one attached hydrogen (secondary N) is 1. The molecule has 4 aromatic rings. The van der Waals surface area contributed by atoms with Gasteiger partial charge in [0.15, 0.2) is 17.3 Å². The van der Waals surface area contributed by atoms with Crippen LogP contribution in [0.1, 0.15) is 42.5 Å². The number of thiazole rings is 1. The summed E-state index contributed by atoms with van der Waals surface area (Å²) in [5, 5.41) is 2.85. The van der Waals surface area contributed by atoms with Crippen molar-refractivity contribution in [3.05, 3.63) is 91.0 Å². The van der Waals surface area contributed by atoms with Crippen molar-refractivity contribution in [3.8, 4) is 22.8 Å². The van der Waals surface area contributed by atoms with Gasteiger partial charge in [-0.05, 0) is 42.3 Å². The molecule has 0 atom stereocenters. The monoisotopic (exact) mass is 632 g/mol. The summed E-state index contributed by atoms with van der Waals surface area (Å²) in [5.41, 5.74) is 0.709. The lowest BCUT2D eigenvalue weighted by Crippen LogP contribution is -2.39. The van der Waals surface area contributed by atoms with Crippen LogP contribution in [0.4, 0.5) is 0 Å². The van der Waals surface area contributed by atoms with Crippen LogP contribution in [0.3, 0.4) is 0 Å². The Kier molecular flexibility index (Phi) is 10.5. The van der Waals surface area contributed by atoms with Gasteiger partial charge in [-0.2, -0.15) is 0 Å². The van der Waals surface area contributed by atoms with Gasteiger partial charge in [-0.25, -0.2) is 4.79 Å². The van der Waals surface area contributed by atoms with E-state index >= 15 is 0 Å². The zero-order chi connectivity index (χ0) is 32.7. The molecule has 0 aliphatic heterocycles. The number of hydrogen-bond acceptors (Lipinski definition) is 9. The molecule has 2 aromatic carbocycles. The van der Waals surface area contributed by atoms with Gasteiger partial charge in [0.2, 0.25) is 5.91 Å². The Balaban J connectivity index is 1.61. The van der Waals surface area contributed by atoms with Crippen LogP contribution in [0.5, 0.6) is 11.5 Å². The van der Waals surface area contributed by atoms with Crippen molar-refractivity contribution >= 4 is 41.1 Å². The minimum absolute atomic E-state index is 0.183. The number of aromatic nitrogens is 1. The van der Waals surface area contributed by atoms with Crippen LogP contribution in [-0.2, 0) is 27.3 Å². The number of furan rings is 1. The summed E-state index contributed by atoms with van der Waals surface area (Å²) in [6.07, 6.45) is 3.49. The number of rotatable bonds is 11. The Labute approximate surface area is 264 Å². The van der Waals surface area contributed by atoms with Crippen LogP contribution in [0.15, 0.2) is 63.8 Å². The molecule has 4 rings (SSSR count). The third kappa shape index (κ3) is 7.98. The SMILES string of the molecule is COC(=O)c1ccccc1-c1ccc(/C=c2/s/c(=C\C(=O)C(C)(C)C)n(CC(=O)NCCc3ccc(OC)c(OC)c3)c2=O)o1. The van der Waals surface area contributed by atoms with Crippen LogP contribution in [0, 0.1) is 5.41 Å². The van der Waals surface area contributed by atoms with E-state index in [4.69, 9.17) is 18.6 Å². The lowest BCUT2D eigenvalue weighted by Gasteiger charge is -2.13. The van der Waals surface area contributed by atoms with E-state index < -0.39 is 16.9 Å². The molecule has 0 radical (unpaired) electrons. The summed E-state index contributed by atoms with van der Waals surface area (Å²) in [6, 6.07) is 15.8. The second kappa shape index (κ2) is 14.3. The molecule has 236 valence electrons. The van der Waals surface area contributed by atoms with Gasteiger partial charge in [0, 0.05) is 29.7 Å². The molecule has 0 aliphatic rings. The quantitative estimate of drug-likeness (QED) is 0.249. The molecule has 0 bridgehead atoms. The zero-order valence-corrected chi connectivity index (χ0v) is 26.9. The summed E-state index contributed by atoms with van der Waals surface area (Å²) in [7, 11) is 4.42. The molecule has 11 heteroatoms. The predicted octanol–water partition coefficient (Wildman–Crippen LogP) is 3.56. The molecule has 2 aromatic heterocycles. The molecule has 2 heterocycles. The van der Waals surface area contributed by atoms with Gasteiger partial charge in [-0.1, -0.05) is 45.0 Å². The van der Waals surface area contributed by atoms with Crippen LogP contribution in [0.2, 0.25) is 0 Å². The molecule has 0 aliphatic carbocycles. The average Bonchev–Trinajstić information content (AvgIpc) is 3.60. The maximum Gasteiger partial charge on any atom is 0.338 e. The van der Waals surface area contributed by atoms with Gasteiger partial charge in [-0.15, -0.1) is 11.3 Å². The number of amides is 1. The highest BCUT2D eigenvalue weighted by Crippen LogP contribution is 2.28. The molecular weight excluding hydrogens is 596 g/mol. The summed E-state index contributed by atoms with van der Waals surface area (Å²) in [6.45, 7) is 5.41. The predicted molar refractivity (Wildman–Crippen MR) is 172 cm³/mol. The highest BCUT2D eigenvalue weighted by Gasteiger charge is 2.20. The smallest absolute Gasteiger partial charge is 0.338 e. The van der Waals surface area contributed by atoms with Gasteiger partial charge in [0.1, 0.15) is 22.7 Å². The van der Waals surface area contributed by atoms with Crippen LogP contribution >= 0.6 is 11.3 Å². The Morgan fingerprint density at radius 3 is 2.40 bits per heavy atom. The molecule has 1 N–H and O–H groups in total. The number of Topliss-reactive ketones (excluding diaryl/α,β-unsaturated/α-hetero) is 1. The first-order valence-electron chi connectivity index (χ1n) is 14.2. The average molecular weight is 633 g/mol. The Bertz CT molecular complexity index is 1890. The zero-order valence-electron chi connectivity index (χ0n) is 26.1. The molecule has 45 heavy (non-hydrogen) atoms. The van der Waals surface area contributed by atoms with E-state index in [-0.39, 0.29) is 22.8 Å². The third-order valence-electron chi connectivity index (χ3n) is 6.91. The van der Waals surface area contributed by atoms with E-state index in [0.717, 1.165) is 16.9 Å². The molecular formula is C34H36N2O8S. The van der Waals surface area contributed by atoms with Gasteiger partial charge in [0.25, 0.3) is 5.56 Å². The first-order chi connectivity index (χ1) is 21.4. The van der Waals surface area contributed by atoms with E-state index in [1.165, 1.54) is 17.8 Å². The van der Waals surface area contributed by atoms with Crippen molar-refractivity contribution in [2.45, 2.75) is 33.7 Å². The number of carbonyl (C=O) groups is 3. The maximum absolute atomic E-state index is 13.5. The van der Waals surface area contributed by atoms with E-state index in [1.54, 1.807) is 83.5 Å². The molecule has 10 nitrogen and oxygen atoms in total. The molecule has 0 unspecified atom stereocenters. The van der Waals surface area contributed by atoms with E-state index in [1.807, 2.05) is 12.1 Å². The van der Waals surface area contributed by atoms with Gasteiger partial charge >= 0.3 is 5.97 Å². The number of carbonyl (C=O) groups excluding carboxylic acids is 3. The second-order valence-electron chi connectivity index (χ2n) is 11.1. The first kappa shape index (κ1) is 33.0. The third-order valence-corrected chi connectivity index (χ3v) is 7.97. The lowest BCUT2D eigenvalue weighted by atomic mass is 9.91. The lowest BCUT2D eigenvalue weighted by molar-refractivity contribution is -0.122. The normalized spacial score (nSPS) is 12.2. The van der Waals surface area contributed by atoms with Gasteiger partial charge < -0.3 is 23.9 Å². The van der Waals surface area contributed by atoms with E-state index in [9.17, 15) is 19.2 Å². The molecule has 0 saturated carbocycles. The van der Waals surface area contributed by atoms with Gasteiger partial charge in [0.05, 0.1) is 31.4 Å². The number of ketones is 1. The largest absolute Gasteiger partial charge is 0.493 e. The second-order valence-corrected chi connectivity index (χ2v) is 12.2. The molecule has 0 saturated heterocycles. The number of nitrogens with zero attached hydrogens (tertiary/aromatic N) is 1. The highest BCUT2D eigenvalue weighted by atomic mass is 32.1. The number of benzene rings is 2. The fourth-order valence-electron chi connectivity index (χ4n) is 4.39. The topological polar surface area (TPSA) is 126 Å². The summed E-state index contributed by atoms with van der Waals surface area (Å²) in [4.78, 5) is 51.7. The number of hydrogen-bond donors (Lipinski definition) is 1. The highest BCUT2D eigenvalue weighted by molar-refractivity contribution is 7.07. The fourth-order valence-corrected chi connectivity index (χ4v) is 5.42. The minimum Gasteiger partial charge on any atom is -0.493 e. The van der Waals surface area contributed by atoms with Gasteiger partial charge in [-0.3, -0.25) is 19.0 Å².